The summed E-state index contributed by atoms with van der Waals surface area (Å²) in [5.41, 5.74) is 1.07. The SMILES string of the molecule is CC(C)n1nnnc1COc1ccc(C(=O)Nc2ccccc2Cl)cc1. The standard InChI is InChI=1S/C18H18ClN5O2/c1-12(2)24-17(21-22-23-24)11-26-14-9-7-13(8-10-14)18(25)20-16-6-4-3-5-15(16)19/h3-10,12H,11H2,1-2H3,(H,20,25). The molecule has 0 radical (unpaired) electrons. The first-order valence-corrected chi connectivity index (χ1v) is 8.48. The second-order valence-corrected chi connectivity index (χ2v) is 6.29. The van der Waals surface area contributed by atoms with E-state index < -0.39 is 0 Å². The lowest BCUT2D eigenvalue weighted by Gasteiger charge is -2.10. The highest BCUT2D eigenvalue weighted by Gasteiger charge is 2.11. The normalized spacial score (nSPS) is 10.8. The van der Waals surface area contributed by atoms with E-state index in [4.69, 9.17) is 16.3 Å². The number of carbonyl (C=O) groups is 1. The highest BCUT2D eigenvalue weighted by atomic mass is 35.5. The molecule has 1 amide bonds. The minimum Gasteiger partial charge on any atom is -0.486 e. The summed E-state index contributed by atoms with van der Waals surface area (Å²) in [7, 11) is 0. The van der Waals surface area contributed by atoms with Gasteiger partial charge in [-0.25, -0.2) is 4.68 Å². The monoisotopic (exact) mass is 371 g/mol. The van der Waals surface area contributed by atoms with E-state index in [-0.39, 0.29) is 18.6 Å². The summed E-state index contributed by atoms with van der Waals surface area (Å²) in [5.74, 6) is 1.02. The third-order valence-electron chi connectivity index (χ3n) is 3.66. The van der Waals surface area contributed by atoms with Gasteiger partial charge in [-0.3, -0.25) is 4.79 Å². The van der Waals surface area contributed by atoms with Crippen molar-refractivity contribution >= 4 is 23.2 Å². The highest BCUT2D eigenvalue weighted by molar-refractivity contribution is 6.33. The number of ether oxygens (including phenoxy) is 1. The van der Waals surface area contributed by atoms with Crippen molar-refractivity contribution in [2.45, 2.75) is 26.5 Å². The smallest absolute Gasteiger partial charge is 0.255 e. The molecule has 0 aliphatic carbocycles. The Labute approximate surface area is 155 Å². The zero-order chi connectivity index (χ0) is 18.5. The molecule has 1 N–H and O–H groups in total. The fourth-order valence-electron chi connectivity index (χ4n) is 2.32. The predicted molar refractivity (Wildman–Crippen MR) is 98.4 cm³/mol. The van der Waals surface area contributed by atoms with Crippen molar-refractivity contribution in [3.05, 3.63) is 64.9 Å². The largest absolute Gasteiger partial charge is 0.486 e. The van der Waals surface area contributed by atoms with Gasteiger partial charge in [-0.15, -0.1) is 5.10 Å². The van der Waals surface area contributed by atoms with Gasteiger partial charge in [-0.1, -0.05) is 23.7 Å². The Morgan fingerprint density at radius 1 is 1.19 bits per heavy atom. The molecule has 0 fully saturated rings. The first-order chi connectivity index (χ1) is 12.5. The maximum atomic E-state index is 12.3. The molecule has 1 aromatic heterocycles. The fraction of sp³-hybridized carbons (Fsp3) is 0.222. The number of benzene rings is 2. The van der Waals surface area contributed by atoms with Gasteiger partial charge in [0.05, 0.1) is 16.8 Å². The maximum absolute atomic E-state index is 12.3. The van der Waals surface area contributed by atoms with Crippen LogP contribution in [0.5, 0.6) is 5.75 Å². The van der Waals surface area contributed by atoms with Gasteiger partial charge in [0.1, 0.15) is 12.4 Å². The van der Waals surface area contributed by atoms with E-state index in [1.807, 2.05) is 19.9 Å². The Balaban J connectivity index is 1.62. The third-order valence-corrected chi connectivity index (χ3v) is 3.99. The summed E-state index contributed by atoms with van der Waals surface area (Å²) >= 11 is 6.05. The van der Waals surface area contributed by atoms with Crippen molar-refractivity contribution in [3.8, 4) is 5.75 Å². The van der Waals surface area contributed by atoms with Crippen molar-refractivity contribution in [3.63, 3.8) is 0 Å². The van der Waals surface area contributed by atoms with Crippen LogP contribution < -0.4 is 10.1 Å². The summed E-state index contributed by atoms with van der Waals surface area (Å²) in [6.45, 7) is 4.23. The van der Waals surface area contributed by atoms with Crippen LogP contribution in [-0.2, 0) is 6.61 Å². The van der Waals surface area contributed by atoms with E-state index in [1.54, 1.807) is 47.1 Å². The molecule has 0 aliphatic heterocycles. The number of nitrogens with zero attached hydrogens (tertiary/aromatic N) is 4. The summed E-state index contributed by atoms with van der Waals surface area (Å²) in [6.07, 6.45) is 0. The summed E-state index contributed by atoms with van der Waals surface area (Å²) in [4.78, 5) is 12.3. The molecule has 3 rings (SSSR count). The van der Waals surface area contributed by atoms with Gasteiger partial charge in [0.15, 0.2) is 5.82 Å². The number of anilines is 1. The summed E-state index contributed by atoms with van der Waals surface area (Å²) in [5, 5.41) is 14.8. The number of aromatic nitrogens is 4. The Morgan fingerprint density at radius 3 is 2.62 bits per heavy atom. The summed E-state index contributed by atoms with van der Waals surface area (Å²) in [6, 6.07) is 14.1. The molecule has 0 atom stereocenters. The lowest BCUT2D eigenvalue weighted by atomic mass is 10.2. The molecule has 0 bridgehead atoms. The second kappa shape index (κ2) is 7.97. The Hall–Kier alpha value is -2.93. The Kier molecular flexibility index (Phi) is 5.48. The quantitative estimate of drug-likeness (QED) is 0.713. The van der Waals surface area contributed by atoms with Gasteiger partial charge in [0, 0.05) is 5.56 Å². The molecule has 26 heavy (non-hydrogen) atoms. The number of halogens is 1. The Bertz CT molecular complexity index is 893. The van der Waals surface area contributed by atoms with Gasteiger partial charge < -0.3 is 10.1 Å². The van der Waals surface area contributed by atoms with E-state index in [1.165, 1.54) is 0 Å². The van der Waals surface area contributed by atoms with Crippen LogP contribution in [0.3, 0.4) is 0 Å². The average Bonchev–Trinajstić information content (AvgIpc) is 3.11. The third kappa shape index (κ3) is 4.18. The van der Waals surface area contributed by atoms with Crippen molar-refractivity contribution in [1.82, 2.24) is 20.2 Å². The van der Waals surface area contributed by atoms with Crippen molar-refractivity contribution in [2.75, 3.05) is 5.32 Å². The molecular formula is C18H18ClN5O2. The number of carbonyl (C=O) groups excluding carboxylic acids is 1. The minimum absolute atomic E-state index is 0.152. The van der Waals surface area contributed by atoms with Crippen molar-refractivity contribution in [1.29, 1.82) is 0 Å². The number of rotatable bonds is 6. The molecule has 134 valence electrons. The molecule has 2 aromatic carbocycles. The molecule has 1 heterocycles. The van der Waals surface area contributed by atoms with Crippen LogP contribution >= 0.6 is 11.6 Å². The average molecular weight is 372 g/mol. The molecule has 0 spiro atoms. The van der Waals surface area contributed by atoms with Crippen LogP contribution in [0, 0.1) is 0 Å². The highest BCUT2D eigenvalue weighted by Crippen LogP contribution is 2.22. The molecule has 0 aliphatic rings. The molecule has 0 saturated heterocycles. The Morgan fingerprint density at radius 2 is 1.92 bits per heavy atom. The van der Waals surface area contributed by atoms with Gasteiger partial charge in [-0.2, -0.15) is 0 Å². The second-order valence-electron chi connectivity index (χ2n) is 5.88. The van der Waals surface area contributed by atoms with Crippen molar-refractivity contribution in [2.24, 2.45) is 0 Å². The van der Waals surface area contributed by atoms with E-state index >= 15 is 0 Å². The van der Waals surface area contributed by atoms with Crippen LogP contribution in [0.2, 0.25) is 5.02 Å². The van der Waals surface area contributed by atoms with Crippen LogP contribution in [0.4, 0.5) is 5.69 Å². The zero-order valence-electron chi connectivity index (χ0n) is 14.4. The van der Waals surface area contributed by atoms with Crippen molar-refractivity contribution < 1.29 is 9.53 Å². The molecular weight excluding hydrogens is 354 g/mol. The van der Waals surface area contributed by atoms with E-state index in [0.717, 1.165) is 0 Å². The zero-order valence-corrected chi connectivity index (χ0v) is 15.1. The number of hydrogen-bond donors (Lipinski definition) is 1. The number of amides is 1. The molecule has 3 aromatic rings. The minimum atomic E-state index is -0.242. The number of hydrogen-bond acceptors (Lipinski definition) is 5. The van der Waals surface area contributed by atoms with Gasteiger partial charge in [0.2, 0.25) is 0 Å². The van der Waals surface area contributed by atoms with Gasteiger partial charge in [-0.05, 0) is 60.7 Å². The van der Waals surface area contributed by atoms with Crippen LogP contribution in [0.1, 0.15) is 36.1 Å². The number of para-hydroxylation sites is 1. The van der Waals surface area contributed by atoms with Crippen LogP contribution in [0.15, 0.2) is 48.5 Å². The molecule has 8 heteroatoms. The lowest BCUT2D eigenvalue weighted by Crippen LogP contribution is -2.12. The van der Waals surface area contributed by atoms with E-state index in [2.05, 4.69) is 20.8 Å². The van der Waals surface area contributed by atoms with Crippen LogP contribution in [-0.4, -0.2) is 26.1 Å². The summed E-state index contributed by atoms with van der Waals surface area (Å²) < 4.78 is 7.40. The van der Waals surface area contributed by atoms with E-state index in [9.17, 15) is 4.79 Å². The topological polar surface area (TPSA) is 81.9 Å². The van der Waals surface area contributed by atoms with Gasteiger partial charge in [0.25, 0.3) is 5.91 Å². The van der Waals surface area contributed by atoms with Crippen LogP contribution in [0.25, 0.3) is 0 Å². The molecule has 0 saturated carbocycles. The lowest BCUT2D eigenvalue weighted by molar-refractivity contribution is 0.102. The number of nitrogens with one attached hydrogen (secondary N) is 1. The molecule has 0 unspecified atom stereocenters. The maximum Gasteiger partial charge on any atom is 0.255 e. The molecule has 7 nitrogen and oxygen atoms in total. The fourth-order valence-corrected chi connectivity index (χ4v) is 2.50. The van der Waals surface area contributed by atoms with E-state index in [0.29, 0.717) is 27.8 Å². The predicted octanol–water partition coefficient (Wildman–Crippen LogP) is 3.74. The number of tetrazole rings is 1. The first-order valence-electron chi connectivity index (χ1n) is 8.10. The van der Waals surface area contributed by atoms with Gasteiger partial charge >= 0.3 is 0 Å². The first kappa shape index (κ1) is 17.9.